The van der Waals surface area contributed by atoms with Crippen LogP contribution in [0.2, 0.25) is 0 Å². The molecule has 2 rings (SSSR count). The number of nitrogens with one attached hydrogen (secondary N) is 1. The Labute approximate surface area is 108 Å². The van der Waals surface area contributed by atoms with Gasteiger partial charge in [0.25, 0.3) is 0 Å². The van der Waals surface area contributed by atoms with Crippen LogP contribution in [0.4, 0.5) is 5.69 Å². The highest BCUT2D eigenvalue weighted by Crippen LogP contribution is 2.24. The molecule has 1 aliphatic heterocycles. The zero-order chi connectivity index (χ0) is 12.8. The van der Waals surface area contributed by atoms with Gasteiger partial charge < -0.3 is 10.2 Å². The smallest absolute Gasteiger partial charge is 0.243 e. The maximum atomic E-state index is 11.4. The van der Waals surface area contributed by atoms with Crippen LogP contribution < -0.4 is 10.2 Å². The first-order chi connectivity index (χ1) is 8.81. The Morgan fingerprint density at radius 2 is 2.22 bits per heavy atom. The molecule has 0 radical (unpaired) electrons. The first-order valence-corrected chi connectivity index (χ1v) is 6.53. The van der Waals surface area contributed by atoms with Crippen molar-refractivity contribution in [3.8, 4) is 0 Å². The van der Waals surface area contributed by atoms with Crippen LogP contribution in [0.15, 0.2) is 42.5 Å². The summed E-state index contributed by atoms with van der Waals surface area (Å²) in [4.78, 5) is 13.8. The van der Waals surface area contributed by atoms with E-state index in [0.29, 0.717) is 6.04 Å². The van der Waals surface area contributed by atoms with Crippen LogP contribution in [-0.2, 0) is 4.79 Å². The van der Waals surface area contributed by atoms with Crippen LogP contribution in [0.5, 0.6) is 0 Å². The molecule has 1 aliphatic rings. The van der Waals surface area contributed by atoms with Gasteiger partial charge in [-0.15, -0.1) is 0 Å². The monoisotopic (exact) mass is 244 g/mol. The summed E-state index contributed by atoms with van der Waals surface area (Å²) in [5.41, 5.74) is 1.25. The second kappa shape index (κ2) is 6.24. The summed E-state index contributed by atoms with van der Waals surface area (Å²) >= 11 is 0. The number of nitrogens with zero attached hydrogens (tertiary/aromatic N) is 1. The van der Waals surface area contributed by atoms with Gasteiger partial charge in [0.05, 0.1) is 0 Å². The Balaban J connectivity index is 1.94. The van der Waals surface area contributed by atoms with Crippen LogP contribution in [-0.4, -0.2) is 25.0 Å². The minimum absolute atomic E-state index is 0.00240. The zero-order valence-electron chi connectivity index (χ0n) is 10.8. The molecule has 1 aromatic rings. The van der Waals surface area contributed by atoms with Gasteiger partial charge in [0.1, 0.15) is 0 Å². The number of rotatable bonds is 4. The van der Waals surface area contributed by atoms with Gasteiger partial charge in [-0.1, -0.05) is 24.3 Å². The lowest BCUT2D eigenvalue weighted by atomic mass is 10.2. The minimum atomic E-state index is -0.00240. The Morgan fingerprint density at radius 1 is 1.44 bits per heavy atom. The van der Waals surface area contributed by atoms with Crippen molar-refractivity contribution in [3.63, 3.8) is 0 Å². The Bertz CT molecular complexity index is 414. The quantitative estimate of drug-likeness (QED) is 0.825. The van der Waals surface area contributed by atoms with Crippen LogP contribution in [0, 0.1) is 0 Å². The van der Waals surface area contributed by atoms with Gasteiger partial charge in [0.2, 0.25) is 5.91 Å². The molecule has 0 aliphatic carbocycles. The van der Waals surface area contributed by atoms with Crippen molar-refractivity contribution in [1.29, 1.82) is 0 Å². The van der Waals surface area contributed by atoms with Gasteiger partial charge in [-0.3, -0.25) is 4.79 Å². The number of anilines is 1. The van der Waals surface area contributed by atoms with E-state index in [4.69, 9.17) is 0 Å². The number of hydrogen-bond donors (Lipinski definition) is 1. The van der Waals surface area contributed by atoms with E-state index in [9.17, 15) is 4.79 Å². The molecule has 0 aromatic heterocycles. The Morgan fingerprint density at radius 3 is 2.94 bits per heavy atom. The maximum absolute atomic E-state index is 11.4. The van der Waals surface area contributed by atoms with Crippen molar-refractivity contribution in [2.75, 3.05) is 18.0 Å². The van der Waals surface area contributed by atoms with Gasteiger partial charge in [-0.25, -0.2) is 0 Å². The lowest BCUT2D eigenvalue weighted by Gasteiger charge is -2.26. The van der Waals surface area contributed by atoms with Crippen molar-refractivity contribution in [3.05, 3.63) is 42.5 Å². The molecular formula is C15H20N2O. The molecule has 1 N–H and O–H groups in total. The molecule has 1 fully saturated rings. The normalized spacial score (nSPS) is 19.4. The largest absolute Gasteiger partial charge is 0.367 e. The molecule has 3 heteroatoms. The lowest BCUT2D eigenvalue weighted by Crippen LogP contribution is -2.39. The third kappa shape index (κ3) is 3.13. The van der Waals surface area contributed by atoms with E-state index in [-0.39, 0.29) is 5.91 Å². The van der Waals surface area contributed by atoms with Gasteiger partial charge in [0, 0.05) is 24.8 Å². The summed E-state index contributed by atoms with van der Waals surface area (Å²) in [5, 5.41) is 2.96. The number of hydrogen-bond acceptors (Lipinski definition) is 2. The van der Waals surface area contributed by atoms with Gasteiger partial charge in [-0.2, -0.15) is 0 Å². The van der Waals surface area contributed by atoms with E-state index >= 15 is 0 Å². The average Bonchev–Trinajstić information content (AvgIpc) is 2.86. The van der Waals surface area contributed by atoms with Crippen molar-refractivity contribution >= 4 is 11.6 Å². The first-order valence-electron chi connectivity index (χ1n) is 6.53. The molecule has 1 unspecified atom stereocenters. The van der Waals surface area contributed by atoms with Gasteiger partial charge in [0.15, 0.2) is 0 Å². The van der Waals surface area contributed by atoms with E-state index < -0.39 is 0 Å². The first kappa shape index (κ1) is 12.7. The fourth-order valence-corrected chi connectivity index (χ4v) is 2.44. The maximum Gasteiger partial charge on any atom is 0.243 e. The topological polar surface area (TPSA) is 32.3 Å². The Kier molecular flexibility index (Phi) is 4.40. The SMILES string of the molecule is C/C=C/C(=O)NCC1CCCN1c1ccccc1. The molecule has 1 heterocycles. The molecular weight excluding hydrogens is 224 g/mol. The van der Waals surface area contributed by atoms with Crippen LogP contribution in [0.3, 0.4) is 0 Å². The molecule has 1 atom stereocenters. The summed E-state index contributed by atoms with van der Waals surface area (Å²) < 4.78 is 0. The summed E-state index contributed by atoms with van der Waals surface area (Å²) in [7, 11) is 0. The van der Waals surface area contributed by atoms with E-state index in [1.165, 1.54) is 12.1 Å². The summed E-state index contributed by atoms with van der Waals surface area (Å²) in [5.74, 6) is -0.00240. The third-order valence-corrected chi connectivity index (χ3v) is 3.29. The van der Waals surface area contributed by atoms with Crippen molar-refractivity contribution in [2.45, 2.75) is 25.8 Å². The minimum Gasteiger partial charge on any atom is -0.367 e. The molecule has 1 amide bonds. The van der Waals surface area contributed by atoms with Gasteiger partial charge in [-0.05, 0) is 38.0 Å². The highest BCUT2D eigenvalue weighted by atomic mass is 16.1. The molecule has 3 nitrogen and oxygen atoms in total. The standard InChI is InChI=1S/C15H20N2O/c1-2-7-15(18)16-12-14-10-6-11-17(14)13-8-4-3-5-9-13/h2-5,7-9,14H,6,10-12H2,1H3,(H,16,18)/b7-2+. The highest BCUT2D eigenvalue weighted by molar-refractivity contribution is 5.87. The summed E-state index contributed by atoms with van der Waals surface area (Å²) in [6, 6.07) is 10.8. The van der Waals surface area contributed by atoms with E-state index in [1.54, 1.807) is 12.2 Å². The fourth-order valence-electron chi connectivity index (χ4n) is 2.44. The molecule has 0 spiro atoms. The van der Waals surface area contributed by atoms with Crippen molar-refractivity contribution < 1.29 is 4.79 Å². The zero-order valence-corrected chi connectivity index (χ0v) is 10.8. The van der Waals surface area contributed by atoms with Crippen LogP contribution in [0.25, 0.3) is 0 Å². The molecule has 1 saturated heterocycles. The molecule has 1 aromatic carbocycles. The highest BCUT2D eigenvalue weighted by Gasteiger charge is 2.24. The predicted octanol–water partition coefficient (Wildman–Crippen LogP) is 2.35. The number of benzene rings is 1. The van der Waals surface area contributed by atoms with Crippen molar-refractivity contribution in [2.24, 2.45) is 0 Å². The third-order valence-electron chi connectivity index (χ3n) is 3.29. The van der Waals surface area contributed by atoms with E-state index in [2.05, 4.69) is 34.5 Å². The molecule has 18 heavy (non-hydrogen) atoms. The second-order valence-electron chi connectivity index (χ2n) is 4.57. The molecule has 96 valence electrons. The summed E-state index contributed by atoms with van der Waals surface area (Å²) in [6.45, 7) is 3.65. The van der Waals surface area contributed by atoms with Crippen molar-refractivity contribution in [1.82, 2.24) is 5.32 Å². The molecule has 0 saturated carbocycles. The number of carbonyl (C=O) groups excluding carboxylic acids is 1. The molecule has 0 bridgehead atoms. The second-order valence-corrected chi connectivity index (χ2v) is 4.57. The summed E-state index contributed by atoms with van der Waals surface area (Å²) in [6.07, 6.45) is 5.67. The predicted molar refractivity (Wildman–Crippen MR) is 74.6 cm³/mol. The number of amides is 1. The average molecular weight is 244 g/mol. The van der Waals surface area contributed by atoms with E-state index in [0.717, 1.165) is 19.5 Å². The fraction of sp³-hybridized carbons (Fsp3) is 0.400. The lowest BCUT2D eigenvalue weighted by molar-refractivity contribution is -0.116. The van der Waals surface area contributed by atoms with Crippen LogP contribution in [0.1, 0.15) is 19.8 Å². The van der Waals surface area contributed by atoms with Gasteiger partial charge >= 0.3 is 0 Å². The van der Waals surface area contributed by atoms with Crippen LogP contribution >= 0.6 is 0 Å². The Hall–Kier alpha value is -1.77. The number of para-hydroxylation sites is 1. The number of carbonyl (C=O) groups is 1. The van der Waals surface area contributed by atoms with E-state index in [1.807, 2.05) is 13.0 Å². The number of allylic oxidation sites excluding steroid dienone is 1.